The summed E-state index contributed by atoms with van der Waals surface area (Å²) >= 11 is 0. The number of hydrogen-bond donors (Lipinski definition) is 1. The minimum Gasteiger partial charge on any atom is -0.462 e. The van der Waals surface area contributed by atoms with E-state index in [2.05, 4.69) is 26.1 Å². The van der Waals surface area contributed by atoms with Gasteiger partial charge in [-0.25, -0.2) is 4.79 Å². The lowest BCUT2D eigenvalue weighted by molar-refractivity contribution is -0.112. The zero-order chi connectivity index (χ0) is 22.6. The van der Waals surface area contributed by atoms with E-state index in [1.54, 1.807) is 30.3 Å². The van der Waals surface area contributed by atoms with Crippen LogP contribution in [0.2, 0.25) is 0 Å². The second-order valence-electron chi connectivity index (χ2n) is 7.72. The number of benzene rings is 2. The highest BCUT2D eigenvalue weighted by atomic mass is 16.5. The van der Waals surface area contributed by atoms with Crippen molar-refractivity contribution in [3.05, 3.63) is 70.8 Å². The molecular formula is C26H30N2O3. The van der Waals surface area contributed by atoms with E-state index in [1.165, 1.54) is 5.56 Å². The van der Waals surface area contributed by atoms with Gasteiger partial charge in [-0.05, 0) is 53.8 Å². The van der Waals surface area contributed by atoms with Crippen molar-refractivity contribution in [2.45, 2.75) is 52.4 Å². The minimum atomic E-state index is -0.498. The van der Waals surface area contributed by atoms with Crippen molar-refractivity contribution in [1.29, 1.82) is 5.26 Å². The molecule has 1 N–H and O–H groups in total. The summed E-state index contributed by atoms with van der Waals surface area (Å²) in [5.74, 6) is -0.461. The number of carbonyl (C=O) groups excluding carboxylic acids is 2. The van der Waals surface area contributed by atoms with Crippen molar-refractivity contribution >= 4 is 23.6 Å². The highest BCUT2D eigenvalue weighted by molar-refractivity contribution is 6.09. The van der Waals surface area contributed by atoms with Crippen LogP contribution in [-0.4, -0.2) is 18.5 Å². The molecule has 31 heavy (non-hydrogen) atoms. The number of hydrogen-bond acceptors (Lipinski definition) is 4. The van der Waals surface area contributed by atoms with Crippen molar-refractivity contribution < 1.29 is 14.3 Å². The Kier molecular flexibility index (Phi) is 9.51. The number of nitriles is 1. The van der Waals surface area contributed by atoms with Crippen LogP contribution in [-0.2, 0) is 9.53 Å². The van der Waals surface area contributed by atoms with Crippen molar-refractivity contribution in [2.24, 2.45) is 0 Å². The summed E-state index contributed by atoms with van der Waals surface area (Å²) in [6.45, 7) is 6.76. The molecule has 0 aliphatic heterocycles. The van der Waals surface area contributed by atoms with Gasteiger partial charge in [-0.1, -0.05) is 64.3 Å². The van der Waals surface area contributed by atoms with Crippen LogP contribution in [0.3, 0.4) is 0 Å². The molecular weight excluding hydrogens is 388 g/mol. The molecule has 0 radical (unpaired) electrons. The van der Waals surface area contributed by atoms with Gasteiger partial charge < -0.3 is 10.1 Å². The van der Waals surface area contributed by atoms with E-state index in [9.17, 15) is 14.9 Å². The molecule has 0 spiro atoms. The van der Waals surface area contributed by atoms with Gasteiger partial charge in [0.15, 0.2) is 0 Å². The molecule has 0 bridgehead atoms. The Morgan fingerprint density at radius 1 is 1.03 bits per heavy atom. The van der Waals surface area contributed by atoms with Gasteiger partial charge in [0.1, 0.15) is 11.6 Å². The lowest BCUT2D eigenvalue weighted by Crippen LogP contribution is -2.13. The first kappa shape index (κ1) is 23.9. The van der Waals surface area contributed by atoms with Gasteiger partial charge >= 0.3 is 5.97 Å². The first-order chi connectivity index (χ1) is 14.9. The smallest absolute Gasteiger partial charge is 0.338 e. The van der Waals surface area contributed by atoms with Crippen LogP contribution in [0.25, 0.3) is 6.08 Å². The molecule has 0 unspecified atom stereocenters. The minimum absolute atomic E-state index is 0.00728. The number of amides is 1. The molecule has 0 aromatic heterocycles. The first-order valence-corrected chi connectivity index (χ1v) is 10.7. The Morgan fingerprint density at radius 3 is 2.29 bits per heavy atom. The van der Waals surface area contributed by atoms with Gasteiger partial charge in [-0.15, -0.1) is 0 Å². The number of nitrogens with zero attached hydrogens (tertiary/aromatic N) is 1. The maximum atomic E-state index is 12.5. The topological polar surface area (TPSA) is 79.2 Å². The molecule has 1 amide bonds. The number of esters is 1. The van der Waals surface area contributed by atoms with E-state index in [0.717, 1.165) is 31.2 Å². The van der Waals surface area contributed by atoms with Crippen LogP contribution < -0.4 is 5.32 Å². The van der Waals surface area contributed by atoms with E-state index >= 15 is 0 Å². The summed E-state index contributed by atoms with van der Waals surface area (Å²) in [5.41, 5.74) is 2.91. The summed E-state index contributed by atoms with van der Waals surface area (Å²) in [4.78, 5) is 24.5. The third kappa shape index (κ3) is 7.75. The van der Waals surface area contributed by atoms with Gasteiger partial charge in [-0.3, -0.25) is 4.79 Å². The third-order valence-electron chi connectivity index (χ3n) is 4.89. The van der Waals surface area contributed by atoms with Crippen molar-refractivity contribution in [3.63, 3.8) is 0 Å². The van der Waals surface area contributed by atoms with Gasteiger partial charge in [0.25, 0.3) is 5.91 Å². The standard InChI is InChI=1S/C26H30N2O3/c1-4-5-6-7-16-31-26(30)22-12-14-24(15-13-22)28-25(29)23(18-27)17-20-8-10-21(11-9-20)19(2)3/h8-15,17,19H,4-7,16H2,1-3H3,(H,28,29)/b23-17+. The number of unbranched alkanes of at least 4 members (excludes halogenated alkanes) is 3. The zero-order valence-corrected chi connectivity index (χ0v) is 18.5. The fraction of sp³-hybridized carbons (Fsp3) is 0.346. The van der Waals surface area contributed by atoms with Crippen molar-refractivity contribution in [3.8, 4) is 6.07 Å². The number of anilines is 1. The summed E-state index contributed by atoms with van der Waals surface area (Å²) in [5, 5.41) is 12.1. The maximum Gasteiger partial charge on any atom is 0.338 e. The zero-order valence-electron chi connectivity index (χ0n) is 18.5. The number of nitrogens with one attached hydrogen (secondary N) is 1. The molecule has 2 aromatic rings. The molecule has 0 aliphatic rings. The lowest BCUT2D eigenvalue weighted by atomic mass is 10.0. The summed E-state index contributed by atoms with van der Waals surface area (Å²) in [7, 11) is 0. The van der Waals surface area contributed by atoms with Gasteiger partial charge in [0, 0.05) is 5.69 Å². The van der Waals surface area contributed by atoms with Crippen LogP contribution in [0, 0.1) is 11.3 Å². The Morgan fingerprint density at radius 2 is 1.71 bits per heavy atom. The predicted molar refractivity (Wildman–Crippen MR) is 124 cm³/mol. The molecule has 0 atom stereocenters. The van der Waals surface area contributed by atoms with Gasteiger partial charge in [-0.2, -0.15) is 5.26 Å². The normalized spacial score (nSPS) is 11.1. The van der Waals surface area contributed by atoms with Crippen molar-refractivity contribution in [1.82, 2.24) is 0 Å². The Bertz CT molecular complexity index is 936. The SMILES string of the molecule is CCCCCCOC(=O)c1ccc(NC(=O)/C(C#N)=C/c2ccc(C(C)C)cc2)cc1. The largest absolute Gasteiger partial charge is 0.462 e. The molecule has 0 aliphatic carbocycles. The van der Waals surface area contributed by atoms with E-state index in [-0.39, 0.29) is 11.5 Å². The number of carbonyl (C=O) groups is 2. The average Bonchev–Trinajstić information content (AvgIpc) is 2.77. The molecule has 2 rings (SSSR count). The Labute approximate surface area is 184 Å². The summed E-state index contributed by atoms with van der Waals surface area (Å²) < 4.78 is 5.26. The summed E-state index contributed by atoms with van der Waals surface area (Å²) in [6.07, 6.45) is 5.73. The van der Waals surface area contributed by atoms with E-state index < -0.39 is 5.91 Å². The number of ether oxygens (including phenoxy) is 1. The predicted octanol–water partition coefficient (Wildman–Crippen LogP) is 6.09. The van der Waals surface area contributed by atoms with Crippen LogP contribution >= 0.6 is 0 Å². The van der Waals surface area contributed by atoms with Crippen LogP contribution in [0.5, 0.6) is 0 Å². The molecule has 0 saturated carbocycles. The Balaban J connectivity index is 1.95. The van der Waals surface area contributed by atoms with Crippen LogP contribution in [0.1, 0.15) is 73.9 Å². The average molecular weight is 419 g/mol. The maximum absolute atomic E-state index is 12.5. The van der Waals surface area contributed by atoms with Gasteiger partial charge in [0.2, 0.25) is 0 Å². The fourth-order valence-electron chi connectivity index (χ4n) is 2.96. The lowest BCUT2D eigenvalue weighted by Gasteiger charge is -2.07. The molecule has 0 saturated heterocycles. The van der Waals surface area contributed by atoms with E-state index in [0.29, 0.717) is 23.8 Å². The monoisotopic (exact) mass is 418 g/mol. The van der Waals surface area contributed by atoms with Crippen molar-refractivity contribution in [2.75, 3.05) is 11.9 Å². The quantitative estimate of drug-likeness (QED) is 0.219. The third-order valence-corrected chi connectivity index (χ3v) is 4.89. The highest BCUT2D eigenvalue weighted by Crippen LogP contribution is 2.17. The molecule has 2 aromatic carbocycles. The molecule has 162 valence electrons. The highest BCUT2D eigenvalue weighted by Gasteiger charge is 2.11. The molecule has 0 fully saturated rings. The molecule has 5 nitrogen and oxygen atoms in total. The first-order valence-electron chi connectivity index (χ1n) is 10.7. The second-order valence-corrected chi connectivity index (χ2v) is 7.72. The second kappa shape index (κ2) is 12.3. The van der Waals surface area contributed by atoms with Crippen LogP contribution in [0.15, 0.2) is 54.1 Å². The Hall–Kier alpha value is -3.39. The number of rotatable bonds is 10. The molecule has 5 heteroatoms. The van der Waals surface area contributed by atoms with E-state index in [4.69, 9.17) is 4.74 Å². The summed E-state index contributed by atoms with van der Waals surface area (Å²) in [6, 6.07) is 16.2. The van der Waals surface area contributed by atoms with Crippen LogP contribution in [0.4, 0.5) is 5.69 Å². The fourth-order valence-corrected chi connectivity index (χ4v) is 2.96. The molecule has 0 heterocycles. The van der Waals surface area contributed by atoms with E-state index in [1.807, 2.05) is 30.3 Å². The van der Waals surface area contributed by atoms with Gasteiger partial charge in [0.05, 0.1) is 12.2 Å².